The maximum Gasteiger partial charge on any atom is 0.416 e. The number of hydrogen-bond acceptors (Lipinski definition) is 3. The van der Waals surface area contributed by atoms with Crippen molar-refractivity contribution in [3.63, 3.8) is 0 Å². The molecule has 0 aliphatic heterocycles. The average Bonchev–Trinajstić information content (AvgIpc) is 2.45. The van der Waals surface area contributed by atoms with Gasteiger partial charge in [0.05, 0.1) is 11.6 Å². The van der Waals surface area contributed by atoms with Crippen LogP contribution in [0.1, 0.15) is 29.7 Å². The predicted molar refractivity (Wildman–Crippen MR) is 69.0 cm³/mol. The first kappa shape index (κ1) is 15.4. The first-order valence-corrected chi connectivity index (χ1v) is 6.28. The molecule has 0 bridgehead atoms. The van der Waals surface area contributed by atoms with E-state index in [2.05, 4.69) is 15.3 Å². The van der Waals surface area contributed by atoms with Crippen molar-refractivity contribution in [1.29, 1.82) is 0 Å². The number of halogens is 4. The highest BCUT2D eigenvalue weighted by molar-refractivity contribution is 5.34. The summed E-state index contributed by atoms with van der Waals surface area (Å²) in [5.74, 6) is -0.710. The molecule has 0 aliphatic rings. The lowest BCUT2D eigenvalue weighted by Gasteiger charge is -2.20. The molecular weight excluding hydrogens is 286 g/mol. The first-order chi connectivity index (χ1) is 9.93. The molecule has 2 aromatic rings. The molecule has 0 spiro atoms. The van der Waals surface area contributed by atoms with Crippen molar-refractivity contribution >= 4 is 0 Å². The number of aromatic nitrogens is 2. The summed E-state index contributed by atoms with van der Waals surface area (Å²) in [5.41, 5.74) is -0.474. The average molecular weight is 299 g/mol. The fourth-order valence-corrected chi connectivity index (χ4v) is 2.01. The first-order valence-electron chi connectivity index (χ1n) is 6.28. The van der Waals surface area contributed by atoms with Gasteiger partial charge in [0.25, 0.3) is 0 Å². The molecule has 1 aromatic heterocycles. The van der Waals surface area contributed by atoms with E-state index in [-0.39, 0.29) is 5.56 Å². The molecule has 0 saturated heterocycles. The van der Waals surface area contributed by atoms with Gasteiger partial charge in [-0.1, -0.05) is 6.92 Å². The van der Waals surface area contributed by atoms with Crippen molar-refractivity contribution in [3.8, 4) is 0 Å². The zero-order chi connectivity index (χ0) is 15.5. The van der Waals surface area contributed by atoms with Gasteiger partial charge in [0.2, 0.25) is 0 Å². The van der Waals surface area contributed by atoms with E-state index in [9.17, 15) is 17.6 Å². The van der Waals surface area contributed by atoms with E-state index in [1.54, 1.807) is 6.92 Å². The number of hydrogen-bond donors (Lipinski definition) is 1. The third-order valence-electron chi connectivity index (χ3n) is 2.96. The summed E-state index contributed by atoms with van der Waals surface area (Å²) in [6.45, 7) is 2.23. The monoisotopic (exact) mass is 299 g/mol. The van der Waals surface area contributed by atoms with Gasteiger partial charge in [0.15, 0.2) is 0 Å². The van der Waals surface area contributed by atoms with E-state index in [1.807, 2.05) is 0 Å². The third kappa shape index (κ3) is 3.55. The highest BCUT2D eigenvalue weighted by Crippen LogP contribution is 2.33. The number of alkyl halides is 3. The quantitative estimate of drug-likeness (QED) is 0.880. The maximum absolute atomic E-state index is 14.0. The lowest BCUT2D eigenvalue weighted by Crippen LogP contribution is -2.24. The molecule has 1 N–H and O–H groups in total. The van der Waals surface area contributed by atoms with Crippen molar-refractivity contribution in [1.82, 2.24) is 15.3 Å². The van der Waals surface area contributed by atoms with E-state index in [1.165, 1.54) is 18.7 Å². The van der Waals surface area contributed by atoms with Crippen LogP contribution >= 0.6 is 0 Å². The Hall–Kier alpha value is -2.02. The van der Waals surface area contributed by atoms with Crippen molar-refractivity contribution in [2.75, 3.05) is 6.54 Å². The van der Waals surface area contributed by atoms with Crippen molar-refractivity contribution in [3.05, 3.63) is 59.4 Å². The minimum absolute atomic E-state index is 0.0820. The van der Waals surface area contributed by atoms with Crippen LogP contribution in [0.25, 0.3) is 0 Å². The second-order valence-electron chi connectivity index (χ2n) is 4.40. The Labute approximate surface area is 119 Å². The molecule has 7 heteroatoms. The predicted octanol–water partition coefficient (Wildman–Crippen LogP) is 3.33. The number of rotatable bonds is 4. The van der Waals surface area contributed by atoms with Gasteiger partial charge >= 0.3 is 6.18 Å². The summed E-state index contributed by atoms with van der Waals surface area (Å²) >= 11 is 0. The third-order valence-corrected chi connectivity index (χ3v) is 2.96. The summed E-state index contributed by atoms with van der Waals surface area (Å²) in [4.78, 5) is 7.64. The molecule has 1 atom stereocenters. The van der Waals surface area contributed by atoms with E-state index >= 15 is 0 Å². The van der Waals surface area contributed by atoms with Crippen LogP contribution in [-0.2, 0) is 6.18 Å². The van der Waals surface area contributed by atoms with E-state index < -0.39 is 23.6 Å². The molecule has 1 aromatic carbocycles. The Bertz CT molecular complexity index is 599. The molecule has 2 rings (SSSR count). The van der Waals surface area contributed by atoms with Gasteiger partial charge in [0, 0.05) is 23.5 Å². The molecule has 21 heavy (non-hydrogen) atoms. The van der Waals surface area contributed by atoms with Crippen molar-refractivity contribution < 1.29 is 17.6 Å². The van der Waals surface area contributed by atoms with Crippen molar-refractivity contribution in [2.45, 2.75) is 19.1 Å². The molecule has 112 valence electrons. The van der Waals surface area contributed by atoms with E-state index in [0.717, 1.165) is 18.2 Å². The lowest BCUT2D eigenvalue weighted by molar-refractivity contribution is -0.137. The minimum Gasteiger partial charge on any atom is -0.306 e. The molecular formula is C14H13F4N3. The smallest absolute Gasteiger partial charge is 0.306 e. The second-order valence-corrected chi connectivity index (χ2v) is 4.40. The van der Waals surface area contributed by atoms with Crippen LogP contribution in [0.4, 0.5) is 17.6 Å². The van der Waals surface area contributed by atoms with Crippen LogP contribution in [0, 0.1) is 5.82 Å². The summed E-state index contributed by atoms with van der Waals surface area (Å²) in [6.07, 6.45) is -0.332. The summed E-state index contributed by atoms with van der Waals surface area (Å²) in [6, 6.07) is 1.63. The van der Waals surface area contributed by atoms with Gasteiger partial charge < -0.3 is 5.32 Å². The van der Waals surface area contributed by atoms with Gasteiger partial charge in [-0.15, -0.1) is 0 Å². The van der Waals surface area contributed by atoms with Crippen LogP contribution in [0.3, 0.4) is 0 Å². The Balaban J connectivity index is 2.50. The Morgan fingerprint density at radius 1 is 1.19 bits per heavy atom. The van der Waals surface area contributed by atoms with E-state index in [4.69, 9.17) is 0 Å². The molecule has 3 nitrogen and oxygen atoms in total. The summed E-state index contributed by atoms with van der Waals surface area (Å²) in [5, 5.41) is 2.95. The molecule has 1 heterocycles. The normalized spacial score (nSPS) is 13.2. The van der Waals surface area contributed by atoms with E-state index in [0.29, 0.717) is 12.1 Å². The summed E-state index contributed by atoms with van der Waals surface area (Å²) in [7, 11) is 0. The molecule has 0 fully saturated rings. The molecule has 0 aliphatic carbocycles. The van der Waals surface area contributed by atoms with Crippen LogP contribution in [-0.4, -0.2) is 16.5 Å². The zero-order valence-electron chi connectivity index (χ0n) is 11.2. The van der Waals surface area contributed by atoms with Gasteiger partial charge in [-0.05, 0) is 24.7 Å². The zero-order valence-corrected chi connectivity index (χ0v) is 11.2. The van der Waals surface area contributed by atoms with Gasteiger partial charge in [-0.25, -0.2) is 14.4 Å². The minimum atomic E-state index is -4.52. The fourth-order valence-electron chi connectivity index (χ4n) is 2.01. The van der Waals surface area contributed by atoms with Gasteiger partial charge in [0.1, 0.15) is 12.1 Å². The van der Waals surface area contributed by atoms with Gasteiger partial charge in [-0.3, -0.25) is 0 Å². The fraction of sp³-hybridized carbons (Fsp3) is 0.286. The highest BCUT2D eigenvalue weighted by Gasteiger charge is 2.32. The SMILES string of the molecule is CCNC(c1cncnc1)c1cc(C(F)(F)F)ccc1F. The largest absolute Gasteiger partial charge is 0.416 e. The molecule has 0 radical (unpaired) electrons. The number of nitrogens with zero attached hydrogens (tertiary/aromatic N) is 2. The van der Waals surface area contributed by atoms with Gasteiger partial charge in [-0.2, -0.15) is 13.2 Å². The Morgan fingerprint density at radius 3 is 2.43 bits per heavy atom. The molecule has 0 saturated carbocycles. The Morgan fingerprint density at radius 2 is 1.86 bits per heavy atom. The second kappa shape index (κ2) is 6.17. The number of benzene rings is 1. The van der Waals surface area contributed by atoms with Crippen LogP contribution in [0.5, 0.6) is 0 Å². The molecule has 1 unspecified atom stereocenters. The number of nitrogens with one attached hydrogen (secondary N) is 1. The standard InChI is InChI=1S/C14H13F4N3/c1-2-21-13(9-6-19-8-20-7-9)11-5-10(14(16,17)18)3-4-12(11)15/h3-8,13,21H,2H2,1H3. The maximum atomic E-state index is 14.0. The Kier molecular flexibility index (Phi) is 4.52. The topological polar surface area (TPSA) is 37.8 Å². The van der Waals surface area contributed by atoms with Crippen LogP contribution in [0.15, 0.2) is 36.9 Å². The summed E-state index contributed by atoms with van der Waals surface area (Å²) < 4.78 is 52.3. The van der Waals surface area contributed by atoms with Crippen LogP contribution < -0.4 is 5.32 Å². The lowest BCUT2D eigenvalue weighted by atomic mass is 9.98. The molecule has 0 amide bonds. The van der Waals surface area contributed by atoms with Crippen LogP contribution in [0.2, 0.25) is 0 Å². The van der Waals surface area contributed by atoms with Crippen molar-refractivity contribution in [2.24, 2.45) is 0 Å². The highest BCUT2D eigenvalue weighted by atomic mass is 19.4.